The lowest BCUT2D eigenvalue weighted by Crippen LogP contribution is -2.54. The fraction of sp³-hybridized carbons (Fsp3) is 0.625. The van der Waals surface area contributed by atoms with E-state index in [2.05, 4.69) is 19.2 Å². The van der Waals surface area contributed by atoms with Crippen molar-refractivity contribution in [3.63, 3.8) is 0 Å². The van der Waals surface area contributed by atoms with Crippen LogP contribution in [-0.2, 0) is 6.42 Å². The third-order valence-corrected chi connectivity index (χ3v) is 3.65. The highest BCUT2D eigenvalue weighted by molar-refractivity contribution is 5.43. The maximum Gasteiger partial charge on any atom is 0.160 e. The van der Waals surface area contributed by atoms with Crippen LogP contribution in [0.3, 0.4) is 0 Å². The van der Waals surface area contributed by atoms with E-state index in [0.717, 1.165) is 23.5 Å². The fourth-order valence-electron chi connectivity index (χ4n) is 2.48. The molecule has 120 valence electrons. The summed E-state index contributed by atoms with van der Waals surface area (Å²) in [7, 11) is 3.25. The zero-order chi connectivity index (χ0) is 15.9. The van der Waals surface area contributed by atoms with Crippen LogP contribution in [0.25, 0.3) is 0 Å². The average Bonchev–Trinajstić information content (AvgIpc) is 2.47. The van der Waals surface area contributed by atoms with Gasteiger partial charge in [0.2, 0.25) is 0 Å². The molecule has 0 fully saturated rings. The molecule has 0 radical (unpaired) electrons. The molecule has 21 heavy (non-hydrogen) atoms. The lowest BCUT2D eigenvalue weighted by molar-refractivity contribution is 0.243. The van der Waals surface area contributed by atoms with Crippen LogP contribution in [0.1, 0.15) is 25.8 Å². The number of hydrogen-bond acceptors (Lipinski definition) is 5. The van der Waals surface area contributed by atoms with Gasteiger partial charge >= 0.3 is 0 Å². The summed E-state index contributed by atoms with van der Waals surface area (Å²) in [6.07, 6.45) is 1.49. The quantitative estimate of drug-likeness (QED) is 0.641. The predicted molar refractivity (Wildman–Crippen MR) is 85.0 cm³/mol. The molecule has 0 aliphatic heterocycles. The predicted octanol–water partition coefficient (Wildman–Crippen LogP) is 1.32. The van der Waals surface area contributed by atoms with Crippen molar-refractivity contribution >= 4 is 0 Å². The highest BCUT2D eigenvalue weighted by atomic mass is 16.5. The van der Waals surface area contributed by atoms with Crippen molar-refractivity contribution in [3.8, 4) is 11.5 Å². The second-order valence-electron chi connectivity index (χ2n) is 5.69. The maximum atomic E-state index is 9.02. The van der Waals surface area contributed by atoms with Crippen molar-refractivity contribution in [1.82, 2.24) is 5.32 Å². The topological polar surface area (TPSA) is 76.7 Å². The smallest absolute Gasteiger partial charge is 0.160 e. The number of hydrogen-bond donors (Lipinski definition) is 3. The minimum absolute atomic E-state index is 0.172. The average molecular weight is 296 g/mol. The van der Waals surface area contributed by atoms with Gasteiger partial charge in [0.1, 0.15) is 0 Å². The molecule has 0 saturated carbocycles. The summed E-state index contributed by atoms with van der Waals surface area (Å²) in [5.74, 6) is 1.44. The molecule has 5 heteroatoms. The summed E-state index contributed by atoms with van der Waals surface area (Å²) < 4.78 is 10.6. The van der Waals surface area contributed by atoms with E-state index in [1.54, 1.807) is 14.2 Å². The third kappa shape index (κ3) is 5.19. The van der Waals surface area contributed by atoms with E-state index in [1.807, 2.05) is 18.2 Å². The molecule has 4 N–H and O–H groups in total. The van der Waals surface area contributed by atoms with Crippen molar-refractivity contribution in [1.29, 1.82) is 0 Å². The Bertz CT molecular complexity index is 440. The Morgan fingerprint density at radius 2 is 1.95 bits per heavy atom. The number of aliphatic hydroxyl groups excluding tert-OH is 1. The number of nitrogens with two attached hydrogens (primary N) is 1. The largest absolute Gasteiger partial charge is 0.493 e. The highest BCUT2D eigenvalue weighted by Crippen LogP contribution is 2.29. The Balaban J connectivity index is 2.85. The fourth-order valence-corrected chi connectivity index (χ4v) is 2.48. The van der Waals surface area contributed by atoms with Crippen LogP contribution in [0, 0.1) is 0 Å². The van der Waals surface area contributed by atoms with E-state index < -0.39 is 0 Å². The van der Waals surface area contributed by atoms with E-state index in [-0.39, 0.29) is 18.2 Å². The van der Waals surface area contributed by atoms with Gasteiger partial charge in [0.15, 0.2) is 11.5 Å². The van der Waals surface area contributed by atoms with Crippen LogP contribution in [0.2, 0.25) is 0 Å². The normalized spacial score (nSPS) is 15.3. The molecule has 0 aliphatic rings. The number of nitrogens with one attached hydrogen (secondary N) is 1. The SMILES string of the molecule is COc1ccc(CC(C)(CN)NC(C)CCO)cc1OC. The van der Waals surface area contributed by atoms with Gasteiger partial charge in [-0.2, -0.15) is 0 Å². The Hall–Kier alpha value is -1.30. The van der Waals surface area contributed by atoms with Crippen molar-refractivity contribution in [2.75, 3.05) is 27.4 Å². The summed E-state index contributed by atoms with van der Waals surface area (Å²) in [5, 5.41) is 12.5. The van der Waals surface area contributed by atoms with Crippen molar-refractivity contribution in [2.45, 2.75) is 38.3 Å². The first-order chi connectivity index (χ1) is 9.97. The molecule has 1 rings (SSSR count). The molecule has 0 amide bonds. The Labute approximate surface area is 127 Å². The molecule has 0 saturated heterocycles. The van der Waals surface area contributed by atoms with Gasteiger partial charge in [-0.3, -0.25) is 0 Å². The van der Waals surface area contributed by atoms with Gasteiger partial charge in [-0.15, -0.1) is 0 Å². The Morgan fingerprint density at radius 3 is 2.48 bits per heavy atom. The minimum atomic E-state index is -0.228. The molecule has 2 atom stereocenters. The summed E-state index contributed by atoms with van der Waals surface area (Å²) >= 11 is 0. The Morgan fingerprint density at radius 1 is 1.29 bits per heavy atom. The van der Waals surface area contributed by atoms with E-state index >= 15 is 0 Å². The molecule has 1 aromatic carbocycles. The molecule has 0 heterocycles. The molecular formula is C16H28N2O3. The number of ether oxygens (including phenoxy) is 2. The summed E-state index contributed by atoms with van der Waals surface area (Å²) in [5.41, 5.74) is 6.85. The van der Waals surface area contributed by atoms with Crippen LogP contribution in [0.5, 0.6) is 11.5 Å². The highest BCUT2D eigenvalue weighted by Gasteiger charge is 2.25. The molecule has 5 nitrogen and oxygen atoms in total. The van der Waals surface area contributed by atoms with E-state index in [4.69, 9.17) is 20.3 Å². The number of aliphatic hydroxyl groups is 1. The molecular weight excluding hydrogens is 268 g/mol. The minimum Gasteiger partial charge on any atom is -0.493 e. The van der Waals surface area contributed by atoms with Crippen LogP contribution in [0.15, 0.2) is 18.2 Å². The Kier molecular flexibility index (Phi) is 6.95. The van der Waals surface area contributed by atoms with Gasteiger partial charge in [0, 0.05) is 24.7 Å². The second kappa shape index (κ2) is 8.22. The molecule has 1 aromatic rings. The number of methoxy groups -OCH3 is 2. The maximum absolute atomic E-state index is 9.02. The zero-order valence-corrected chi connectivity index (χ0v) is 13.5. The van der Waals surface area contributed by atoms with Crippen molar-refractivity contribution in [2.24, 2.45) is 5.73 Å². The zero-order valence-electron chi connectivity index (χ0n) is 13.5. The monoisotopic (exact) mass is 296 g/mol. The molecule has 0 bridgehead atoms. The van der Waals surface area contributed by atoms with Gasteiger partial charge in [-0.25, -0.2) is 0 Å². The van der Waals surface area contributed by atoms with Gasteiger partial charge < -0.3 is 25.6 Å². The van der Waals surface area contributed by atoms with Gasteiger partial charge in [0.05, 0.1) is 14.2 Å². The number of benzene rings is 1. The second-order valence-corrected chi connectivity index (χ2v) is 5.69. The molecule has 0 spiro atoms. The summed E-state index contributed by atoms with van der Waals surface area (Å²) in [6.45, 7) is 4.83. The molecule has 0 aliphatic carbocycles. The van der Waals surface area contributed by atoms with Crippen molar-refractivity contribution in [3.05, 3.63) is 23.8 Å². The summed E-state index contributed by atoms with van der Waals surface area (Å²) in [4.78, 5) is 0. The summed E-state index contributed by atoms with van der Waals surface area (Å²) in [6, 6.07) is 6.12. The van der Waals surface area contributed by atoms with E-state index in [9.17, 15) is 0 Å². The third-order valence-electron chi connectivity index (χ3n) is 3.65. The standard InChI is InChI=1S/C16H28N2O3/c1-12(7-8-19)18-16(2,11-17)10-13-5-6-14(20-3)15(9-13)21-4/h5-6,9,12,18-19H,7-8,10-11,17H2,1-4H3. The van der Waals surface area contributed by atoms with Crippen LogP contribution in [-0.4, -0.2) is 44.1 Å². The van der Waals surface area contributed by atoms with E-state index in [1.165, 1.54) is 0 Å². The van der Waals surface area contributed by atoms with Crippen LogP contribution in [0.4, 0.5) is 0 Å². The first kappa shape index (κ1) is 17.8. The first-order valence-corrected chi connectivity index (χ1v) is 7.27. The van der Waals surface area contributed by atoms with E-state index in [0.29, 0.717) is 13.0 Å². The lowest BCUT2D eigenvalue weighted by atomic mass is 9.91. The first-order valence-electron chi connectivity index (χ1n) is 7.27. The van der Waals surface area contributed by atoms with Gasteiger partial charge in [-0.1, -0.05) is 6.07 Å². The van der Waals surface area contributed by atoms with Crippen LogP contribution >= 0.6 is 0 Å². The molecule has 2 unspecified atom stereocenters. The van der Waals surface area contributed by atoms with Crippen LogP contribution < -0.4 is 20.5 Å². The van der Waals surface area contributed by atoms with Gasteiger partial charge in [-0.05, 0) is 44.4 Å². The lowest BCUT2D eigenvalue weighted by Gasteiger charge is -2.33. The molecule has 0 aromatic heterocycles. The van der Waals surface area contributed by atoms with Gasteiger partial charge in [0.25, 0.3) is 0 Å². The number of rotatable bonds is 9. The van der Waals surface area contributed by atoms with Crippen molar-refractivity contribution < 1.29 is 14.6 Å².